The van der Waals surface area contributed by atoms with Crippen LogP contribution in [0.15, 0.2) is 36.5 Å². The van der Waals surface area contributed by atoms with Gasteiger partial charge in [-0.05, 0) is 57.8 Å². The van der Waals surface area contributed by atoms with Crippen molar-refractivity contribution in [1.82, 2.24) is 5.32 Å². The van der Waals surface area contributed by atoms with Gasteiger partial charge in [-0.3, -0.25) is 9.59 Å². The van der Waals surface area contributed by atoms with Crippen molar-refractivity contribution >= 4 is 11.9 Å². The molecule has 0 saturated carbocycles. The van der Waals surface area contributed by atoms with Gasteiger partial charge in [0.05, 0.1) is 25.2 Å². The quantitative estimate of drug-likeness (QED) is 0.0325. The molecule has 0 bridgehead atoms. The highest BCUT2D eigenvalue weighted by Crippen LogP contribution is 2.18. The van der Waals surface area contributed by atoms with Crippen molar-refractivity contribution in [2.45, 2.75) is 264 Å². The van der Waals surface area contributed by atoms with E-state index < -0.39 is 18.2 Å². The molecule has 3 N–H and O–H groups in total. The van der Waals surface area contributed by atoms with E-state index in [4.69, 9.17) is 4.74 Å². The molecule has 0 aromatic rings. The summed E-state index contributed by atoms with van der Waals surface area (Å²) in [6.07, 6.45) is 50.6. The van der Waals surface area contributed by atoms with Gasteiger partial charge in [0, 0.05) is 6.42 Å². The number of aliphatic hydroxyl groups is 2. The highest BCUT2D eigenvalue weighted by molar-refractivity contribution is 5.77. The summed E-state index contributed by atoms with van der Waals surface area (Å²) in [5, 5.41) is 23.7. The number of hydrogen-bond donors (Lipinski definition) is 3. The average molecular weight is 788 g/mol. The van der Waals surface area contributed by atoms with Gasteiger partial charge in [0.1, 0.15) is 6.10 Å². The largest absolute Gasteiger partial charge is 0.462 e. The third kappa shape index (κ3) is 38.9. The number of nitrogens with one attached hydrogen (secondary N) is 1. The predicted molar refractivity (Wildman–Crippen MR) is 241 cm³/mol. The van der Waals surface area contributed by atoms with Gasteiger partial charge in [-0.25, -0.2) is 0 Å². The molecule has 0 rings (SSSR count). The first-order valence-corrected chi connectivity index (χ1v) is 24.2. The lowest BCUT2D eigenvalue weighted by molar-refractivity contribution is -0.151. The van der Waals surface area contributed by atoms with Crippen LogP contribution in [0.3, 0.4) is 0 Å². The van der Waals surface area contributed by atoms with Gasteiger partial charge in [0.2, 0.25) is 5.91 Å². The molecule has 3 atom stereocenters. The van der Waals surface area contributed by atoms with Crippen LogP contribution in [0.4, 0.5) is 0 Å². The molecular weight excluding hydrogens is 695 g/mol. The van der Waals surface area contributed by atoms with Crippen molar-refractivity contribution < 1.29 is 24.5 Å². The number of aliphatic hydroxyl groups excluding tert-OH is 2. The van der Waals surface area contributed by atoms with E-state index in [2.05, 4.69) is 62.5 Å². The van der Waals surface area contributed by atoms with Gasteiger partial charge in [-0.15, -0.1) is 0 Å². The van der Waals surface area contributed by atoms with Crippen molar-refractivity contribution in [3.63, 3.8) is 0 Å². The number of rotatable bonds is 43. The smallest absolute Gasteiger partial charge is 0.306 e. The second-order valence-electron chi connectivity index (χ2n) is 16.5. The highest BCUT2D eigenvalue weighted by Gasteiger charge is 2.24. The topological polar surface area (TPSA) is 95.9 Å². The van der Waals surface area contributed by atoms with Crippen molar-refractivity contribution in [1.29, 1.82) is 0 Å². The van der Waals surface area contributed by atoms with E-state index in [1.165, 1.54) is 116 Å². The first kappa shape index (κ1) is 54.1. The predicted octanol–water partition coefficient (Wildman–Crippen LogP) is 14.1. The zero-order valence-electron chi connectivity index (χ0n) is 37.3. The molecule has 0 aromatic carbocycles. The third-order valence-corrected chi connectivity index (χ3v) is 11.0. The minimum Gasteiger partial charge on any atom is -0.462 e. The fourth-order valence-corrected chi connectivity index (χ4v) is 7.33. The van der Waals surface area contributed by atoms with Gasteiger partial charge in [0.25, 0.3) is 0 Å². The number of allylic oxidation sites excluding steroid dienone is 6. The van der Waals surface area contributed by atoms with E-state index >= 15 is 0 Å². The molecular formula is C50H93NO5. The van der Waals surface area contributed by atoms with E-state index in [1.54, 1.807) is 0 Å². The first-order valence-electron chi connectivity index (χ1n) is 24.2. The lowest BCUT2D eigenvalue weighted by atomic mass is 10.0. The van der Waals surface area contributed by atoms with E-state index in [9.17, 15) is 19.8 Å². The zero-order chi connectivity index (χ0) is 41.0. The monoisotopic (exact) mass is 788 g/mol. The lowest BCUT2D eigenvalue weighted by Gasteiger charge is -2.24. The Balaban J connectivity index is 4.61. The third-order valence-electron chi connectivity index (χ3n) is 11.0. The fourth-order valence-electron chi connectivity index (χ4n) is 7.33. The van der Waals surface area contributed by atoms with Crippen LogP contribution in [-0.4, -0.2) is 46.9 Å². The van der Waals surface area contributed by atoms with Gasteiger partial charge in [0.15, 0.2) is 0 Å². The number of amides is 1. The van der Waals surface area contributed by atoms with Crippen molar-refractivity contribution in [2.75, 3.05) is 6.61 Å². The second kappa shape index (κ2) is 44.2. The Morgan fingerprint density at radius 2 is 0.964 bits per heavy atom. The highest BCUT2D eigenvalue weighted by atomic mass is 16.5. The van der Waals surface area contributed by atoms with E-state index in [1.807, 2.05) is 0 Å². The molecule has 6 nitrogen and oxygen atoms in total. The molecule has 0 fully saturated rings. The van der Waals surface area contributed by atoms with Gasteiger partial charge < -0.3 is 20.3 Å². The molecule has 6 heteroatoms. The van der Waals surface area contributed by atoms with E-state index in [0.717, 1.165) is 83.5 Å². The van der Waals surface area contributed by atoms with Crippen LogP contribution in [0.25, 0.3) is 0 Å². The molecule has 0 saturated heterocycles. The summed E-state index contributed by atoms with van der Waals surface area (Å²) in [6.45, 7) is 6.36. The van der Waals surface area contributed by atoms with Crippen LogP contribution in [0, 0.1) is 0 Å². The van der Waals surface area contributed by atoms with Gasteiger partial charge in [-0.2, -0.15) is 0 Å². The number of unbranched alkanes of at least 4 members (excludes halogenated alkanes) is 25. The van der Waals surface area contributed by atoms with Gasteiger partial charge in [-0.1, -0.05) is 211 Å². The maximum Gasteiger partial charge on any atom is 0.306 e. The Kier molecular flexibility index (Phi) is 42.7. The van der Waals surface area contributed by atoms with Crippen molar-refractivity contribution in [3.05, 3.63) is 36.5 Å². The number of carbonyl (C=O) groups excluding carboxylic acids is 2. The molecule has 3 unspecified atom stereocenters. The summed E-state index contributed by atoms with van der Waals surface area (Å²) in [7, 11) is 0. The number of hydrogen-bond acceptors (Lipinski definition) is 5. The Bertz CT molecular complexity index is 930. The molecule has 0 radical (unpaired) electrons. The molecule has 0 aliphatic rings. The van der Waals surface area contributed by atoms with Crippen LogP contribution in [0.2, 0.25) is 0 Å². The van der Waals surface area contributed by atoms with Crippen LogP contribution >= 0.6 is 0 Å². The van der Waals surface area contributed by atoms with E-state index in [0.29, 0.717) is 19.3 Å². The Labute approximate surface area is 347 Å². The first-order chi connectivity index (χ1) is 27.5. The van der Waals surface area contributed by atoms with Crippen LogP contribution < -0.4 is 5.32 Å². The second-order valence-corrected chi connectivity index (χ2v) is 16.5. The minimum absolute atomic E-state index is 0.0719. The lowest BCUT2D eigenvalue weighted by Crippen LogP contribution is -2.46. The summed E-state index contributed by atoms with van der Waals surface area (Å²) < 4.78 is 5.91. The Morgan fingerprint density at radius 3 is 1.46 bits per heavy atom. The number of ether oxygens (including phenoxy) is 1. The summed E-state index contributed by atoms with van der Waals surface area (Å²) in [5.41, 5.74) is 0. The van der Waals surface area contributed by atoms with Gasteiger partial charge >= 0.3 is 5.97 Å². The molecule has 56 heavy (non-hydrogen) atoms. The maximum absolute atomic E-state index is 13.1. The standard InChI is InChI=1S/C50H93NO5/c1-4-7-10-13-16-19-22-24-26-28-31-34-37-40-43-50(55)56-46(41-38-35-32-29-27-25-23-20-17-14-11-8-5-2)44-49(54)51-47(45-52)48(53)42-39-36-33-30-21-18-15-12-9-6-3/h7,10,16,19,24,26,46-48,52-53H,4-6,8-9,11-15,17-18,20-23,25,27-45H2,1-3H3,(H,51,54)/b10-7+,19-16+,26-24+. The van der Waals surface area contributed by atoms with Crippen molar-refractivity contribution in [3.8, 4) is 0 Å². The molecule has 328 valence electrons. The molecule has 0 spiro atoms. The molecule has 0 aliphatic carbocycles. The van der Waals surface area contributed by atoms with E-state index in [-0.39, 0.29) is 24.9 Å². The van der Waals surface area contributed by atoms with Crippen molar-refractivity contribution in [2.24, 2.45) is 0 Å². The van der Waals surface area contributed by atoms with Crippen LogP contribution in [0.1, 0.15) is 245 Å². The Morgan fingerprint density at radius 1 is 0.536 bits per heavy atom. The Hall–Kier alpha value is -1.92. The number of esters is 1. The molecule has 1 amide bonds. The SMILES string of the molecule is CC/C=C/C/C=C/C/C=C/CCCCCCC(=O)OC(CCCCCCCCCCCCCCC)CC(=O)NC(CO)C(O)CCCCCCCCCCCC. The summed E-state index contributed by atoms with van der Waals surface area (Å²) in [6, 6.07) is -0.701. The normalized spacial score (nSPS) is 13.6. The summed E-state index contributed by atoms with van der Waals surface area (Å²) >= 11 is 0. The summed E-state index contributed by atoms with van der Waals surface area (Å²) in [4.78, 5) is 26.0. The molecule has 0 aromatic heterocycles. The van der Waals surface area contributed by atoms with Crippen LogP contribution in [-0.2, 0) is 14.3 Å². The average Bonchev–Trinajstić information content (AvgIpc) is 3.19. The zero-order valence-corrected chi connectivity index (χ0v) is 37.3. The molecule has 0 heterocycles. The van der Waals surface area contributed by atoms with Crippen LogP contribution in [0.5, 0.6) is 0 Å². The number of carbonyl (C=O) groups is 2. The minimum atomic E-state index is -0.787. The summed E-state index contributed by atoms with van der Waals surface area (Å²) in [5.74, 6) is -0.492. The maximum atomic E-state index is 13.1. The fraction of sp³-hybridized carbons (Fsp3) is 0.840. The molecule has 0 aliphatic heterocycles.